The van der Waals surface area contributed by atoms with Crippen molar-refractivity contribution < 1.29 is 4.79 Å². The topological polar surface area (TPSA) is 55.1 Å². The van der Waals surface area contributed by atoms with Crippen LogP contribution in [0.4, 0.5) is 5.69 Å². The summed E-state index contributed by atoms with van der Waals surface area (Å²) in [6.07, 6.45) is 0. The molecule has 0 spiro atoms. The summed E-state index contributed by atoms with van der Waals surface area (Å²) in [7, 11) is 0. The molecule has 1 heterocycles. The van der Waals surface area contributed by atoms with E-state index in [2.05, 4.69) is 21.2 Å². The molecule has 0 aliphatic carbocycles. The number of thiophene rings is 1. The van der Waals surface area contributed by atoms with Gasteiger partial charge < -0.3 is 11.1 Å². The Morgan fingerprint density at radius 2 is 2.24 bits per heavy atom. The van der Waals surface area contributed by atoms with Gasteiger partial charge >= 0.3 is 0 Å². The van der Waals surface area contributed by atoms with Crippen LogP contribution < -0.4 is 11.1 Å². The Balaban J connectivity index is 2.07. The van der Waals surface area contributed by atoms with Crippen LogP contribution >= 0.6 is 27.3 Å². The first-order valence-electron chi connectivity index (χ1n) is 5.01. The van der Waals surface area contributed by atoms with E-state index in [1.807, 2.05) is 22.9 Å². The van der Waals surface area contributed by atoms with Crippen LogP contribution in [0.5, 0.6) is 0 Å². The maximum atomic E-state index is 11.9. The fraction of sp³-hybridized carbons (Fsp3) is 0.0833. The molecule has 3 nitrogen and oxygen atoms in total. The zero-order valence-corrected chi connectivity index (χ0v) is 11.3. The van der Waals surface area contributed by atoms with Crippen LogP contribution in [0.15, 0.2) is 39.5 Å². The fourth-order valence-electron chi connectivity index (χ4n) is 1.40. The third kappa shape index (κ3) is 3.08. The second kappa shape index (κ2) is 5.33. The van der Waals surface area contributed by atoms with Crippen LogP contribution in [0, 0.1) is 0 Å². The first-order valence-corrected chi connectivity index (χ1v) is 6.74. The van der Waals surface area contributed by atoms with Crippen molar-refractivity contribution in [3.8, 4) is 0 Å². The Morgan fingerprint density at radius 3 is 2.94 bits per heavy atom. The summed E-state index contributed by atoms with van der Waals surface area (Å²) in [6.45, 7) is 0.522. The summed E-state index contributed by atoms with van der Waals surface area (Å²) in [6, 6.07) is 7.22. The van der Waals surface area contributed by atoms with E-state index in [0.717, 1.165) is 10.0 Å². The molecule has 0 saturated carbocycles. The van der Waals surface area contributed by atoms with Gasteiger partial charge in [0.05, 0.1) is 5.56 Å². The number of nitrogens with two attached hydrogens (primary N) is 1. The minimum Gasteiger partial charge on any atom is -0.398 e. The third-order valence-corrected chi connectivity index (χ3v) is 3.52. The number of amides is 1. The highest BCUT2D eigenvalue weighted by atomic mass is 79.9. The molecule has 1 amide bonds. The van der Waals surface area contributed by atoms with E-state index in [-0.39, 0.29) is 5.91 Å². The maximum absolute atomic E-state index is 11.9. The van der Waals surface area contributed by atoms with Crippen molar-refractivity contribution in [1.82, 2.24) is 5.32 Å². The largest absolute Gasteiger partial charge is 0.398 e. The number of anilines is 1. The number of carbonyl (C=O) groups is 1. The van der Waals surface area contributed by atoms with Crippen molar-refractivity contribution in [2.45, 2.75) is 6.54 Å². The molecule has 88 valence electrons. The molecule has 0 saturated heterocycles. The van der Waals surface area contributed by atoms with Gasteiger partial charge in [-0.1, -0.05) is 15.9 Å². The van der Waals surface area contributed by atoms with Crippen molar-refractivity contribution in [1.29, 1.82) is 0 Å². The molecule has 0 bridgehead atoms. The van der Waals surface area contributed by atoms with Crippen LogP contribution in [-0.2, 0) is 6.54 Å². The Morgan fingerprint density at radius 1 is 1.41 bits per heavy atom. The van der Waals surface area contributed by atoms with Gasteiger partial charge in [0.2, 0.25) is 0 Å². The van der Waals surface area contributed by atoms with Crippen molar-refractivity contribution in [3.63, 3.8) is 0 Å². The Bertz CT molecular complexity index is 525. The number of hydrogen-bond donors (Lipinski definition) is 2. The van der Waals surface area contributed by atoms with Gasteiger partial charge in [0, 0.05) is 16.7 Å². The summed E-state index contributed by atoms with van der Waals surface area (Å²) < 4.78 is 0.840. The Hall–Kier alpha value is -1.33. The minimum absolute atomic E-state index is 0.157. The lowest BCUT2D eigenvalue weighted by Crippen LogP contribution is -2.23. The predicted octanol–water partition coefficient (Wildman–Crippen LogP) is 3.02. The standard InChI is InChI=1S/C12H11BrN2OS/c13-9-1-2-11(14)10(5-9)12(16)15-6-8-3-4-17-7-8/h1-5,7H,6,14H2,(H,15,16). The molecule has 2 rings (SSSR count). The van der Waals surface area contributed by atoms with Crippen LogP contribution in [0.3, 0.4) is 0 Å². The van der Waals surface area contributed by atoms with Gasteiger partial charge in [0.25, 0.3) is 5.91 Å². The number of hydrogen-bond acceptors (Lipinski definition) is 3. The molecular formula is C12H11BrN2OS. The van der Waals surface area contributed by atoms with E-state index in [1.54, 1.807) is 23.5 Å². The first kappa shape index (κ1) is 12.1. The zero-order valence-electron chi connectivity index (χ0n) is 8.94. The minimum atomic E-state index is -0.157. The second-order valence-electron chi connectivity index (χ2n) is 3.55. The number of carbonyl (C=O) groups excluding carboxylic acids is 1. The molecule has 0 fully saturated rings. The lowest BCUT2D eigenvalue weighted by Gasteiger charge is -2.07. The Labute approximate surface area is 112 Å². The van der Waals surface area contributed by atoms with Gasteiger partial charge in [-0.15, -0.1) is 0 Å². The number of rotatable bonds is 3. The molecule has 0 aliphatic rings. The highest BCUT2D eigenvalue weighted by Gasteiger charge is 2.09. The number of halogens is 1. The van der Waals surface area contributed by atoms with E-state index in [0.29, 0.717) is 17.8 Å². The van der Waals surface area contributed by atoms with Gasteiger partial charge in [-0.25, -0.2) is 0 Å². The normalized spacial score (nSPS) is 10.2. The molecule has 0 aliphatic heterocycles. The maximum Gasteiger partial charge on any atom is 0.253 e. The van der Waals surface area contributed by atoms with E-state index < -0.39 is 0 Å². The molecule has 0 unspecified atom stereocenters. The summed E-state index contributed by atoms with van der Waals surface area (Å²) in [5.74, 6) is -0.157. The molecule has 0 radical (unpaired) electrons. The zero-order chi connectivity index (χ0) is 12.3. The van der Waals surface area contributed by atoms with Crippen LogP contribution in [0.1, 0.15) is 15.9 Å². The third-order valence-electron chi connectivity index (χ3n) is 2.29. The molecule has 17 heavy (non-hydrogen) atoms. The van der Waals surface area contributed by atoms with Gasteiger partial charge in [-0.05, 0) is 40.6 Å². The molecule has 0 atom stereocenters. The number of nitrogen functional groups attached to an aromatic ring is 1. The fourth-order valence-corrected chi connectivity index (χ4v) is 2.43. The highest BCUT2D eigenvalue weighted by molar-refractivity contribution is 9.10. The Kier molecular flexibility index (Phi) is 3.81. The summed E-state index contributed by atoms with van der Waals surface area (Å²) >= 11 is 4.93. The van der Waals surface area contributed by atoms with E-state index in [4.69, 9.17) is 5.73 Å². The molecule has 1 aromatic heterocycles. The van der Waals surface area contributed by atoms with Gasteiger partial charge in [0.1, 0.15) is 0 Å². The van der Waals surface area contributed by atoms with Gasteiger partial charge in [-0.2, -0.15) is 11.3 Å². The van der Waals surface area contributed by atoms with Crippen molar-refractivity contribution in [3.05, 3.63) is 50.6 Å². The van der Waals surface area contributed by atoms with E-state index in [1.165, 1.54) is 0 Å². The molecular weight excluding hydrogens is 300 g/mol. The highest BCUT2D eigenvalue weighted by Crippen LogP contribution is 2.18. The number of benzene rings is 1. The summed E-state index contributed by atoms with van der Waals surface area (Å²) in [5, 5.41) is 6.82. The second-order valence-corrected chi connectivity index (χ2v) is 5.24. The number of nitrogens with one attached hydrogen (secondary N) is 1. The predicted molar refractivity (Wildman–Crippen MR) is 74.0 cm³/mol. The van der Waals surface area contributed by atoms with Gasteiger partial charge in [0.15, 0.2) is 0 Å². The summed E-state index contributed by atoms with van der Waals surface area (Å²) in [5.41, 5.74) is 7.83. The quantitative estimate of drug-likeness (QED) is 0.856. The average Bonchev–Trinajstić information content (AvgIpc) is 2.82. The first-order chi connectivity index (χ1) is 8.16. The van der Waals surface area contributed by atoms with E-state index in [9.17, 15) is 4.79 Å². The molecule has 2 aromatic rings. The van der Waals surface area contributed by atoms with E-state index >= 15 is 0 Å². The summed E-state index contributed by atoms with van der Waals surface area (Å²) in [4.78, 5) is 11.9. The van der Waals surface area contributed by atoms with Crippen LogP contribution in [0.2, 0.25) is 0 Å². The van der Waals surface area contributed by atoms with Gasteiger partial charge in [-0.3, -0.25) is 4.79 Å². The lowest BCUT2D eigenvalue weighted by molar-refractivity contribution is 0.0952. The van der Waals surface area contributed by atoms with Crippen LogP contribution in [0.25, 0.3) is 0 Å². The van der Waals surface area contributed by atoms with Crippen molar-refractivity contribution >= 4 is 38.9 Å². The van der Waals surface area contributed by atoms with Crippen LogP contribution in [-0.4, -0.2) is 5.91 Å². The smallest absolute Gasteiger partial charge is 0.253 e. The molecule has 3 N–H and O–H groups in total. The molecule has 1 aromatic carbocycles. The van der Waals surface area contributed by atoms with Crippen molar-refractivity contribution in [2.24, 2.45) is 0 Å². The average molecular weight is 311 g/mol. The SMILES string of the molecule is Nc1ccc(Br)cc1C(=O)NCc1ccsc1. The molecule has 5 heteroatoms. The van der Waals surface area contributed by atoms with Crippen molar-refractivity contribution in [2.75, 3.05) is 5.73 Å². The monoisotopic (exact) mass is 310 g/mol. The lowest BCUT2D eigenvalue weighted by atomic mass is 10.1.